The molecular weight excluding hydrogens is 264 g/mol. The van der Waals surface area contributed by atoms with Gasteiger partial charge in [0, 0.05) is 13.1 Å². The van der Waals surface area contributed by atoms with Crippen molar-refractivity contribution in [1.82, 2.24) is 10.6 Å². The van der Waals surface area contributed by atoms with Crippen LogP contribution < -0.4 is 10.6 Å². The molecule has 3 rings (SSSR count). The highest BCUT2D eigenvalue weighted by Crippen LogP contribution is 2.39. The summed E-state index contributed by atoms with van der Waals surface area (Å²) in [6.07, 6.45) is 4.00. The van der Waals surface area contributed by atoms with E-state index in [-0.39, 0.29) is 17.6 Å². The third-order valence-electron chi connectivity index (χ3n) is 4.61. The van der Waals surface area contributed by atoms with Crippen molar-refractivity contribution in [3.05, 3.63) is 35.4 Å². The van der Waals surface area contributed by atoms with E-state index in [2.05, 4.69) is 41.8 Å². The molecule has 4 nitrogen and oxygen atoms in total. The van der Waals surface area contributed by atoms with Gasteiger partial charge in [0.05, 0.1) is 12.1 Å². The summed E-state index contributed by atoms with van der Waals surface area (Å²) in [7, 11) is 0. The molecule has 2 fully saturated rings. The van der Waals surface area contributed by atoms with Crippen LogP contribution in [0.1, 0.15) is 36.8 Å². The van der Waals surface area contributed by atoms with Gasteiger partial charge >= 0.3 is 0 Å². The number of carbonyl (C=O) groups excluding carboxylic acids is 1. The Balaban J connectivity index is 1.79. The topological polar surface area (TPSA) is 50.4 Å². The molecule has 1 aliphatic heterocycles. The van der Waals surface area contributed by atoms with Crippen molar-refractivity contribution in [2.24, 2.45) is 0 Å². The normalized spacial score (nSPS) is 24.7. The Labute approximate surface area is 126 Å². The van der Waals surface area contributed by atoms with Crippen molar-refractivity contribution in [3.63, 3.8) is 0 Å². The van der Waals surface area contributed by atoms with Gasteiger partial charge in [0.25, 0.3) is 5.91 Å². The predicted molar refractivity (Wildman–Crippen MR) is 82.1 cm³/mol. The highest BCUT2D eigenvalue weighted by Gasteiger charge is 2.38. The van der Waals surface area contributed by atoms with Crippen LogP contribution in [0.25, 0.3) is 0 Å². The van der Waals surface area contributed by atoms with Gasteiger partial charge in [-0.15, -0.1) is 0 Å². The average Bonchev–Trinajstić information content (AvgIpc) is 2.98. The molecule has 1 aromatic rings. The van der Waals surface area contributed by atoms with Gasteiger partial charge < -0.3 is 15.4 Å². The summed E-state index contributed by atoms with van der Waals surface area (Å²) < 4.78 is 5.58. The predicted octanol–water partition coefficient (Wildman–Crippen LogP) is 1.87. The molecule has 0 aromatic heterocycles. The van der Waals surface area contributed by atoms with Gasteiger partial charge in [-0.05, 0) is 25.3 Å². The number of aryl methyl sites for hydroxylation is 1. The molecule has 0 bridgehead atoms. The lowest BCUT2D eigenvalue weighted by Crippen LogP contribution is -2.53. The van der Waals surface area contributed by atoms with Crippen LogP contribution in [0.2, 0.25) is 0 Å². The van der Waals surface area contributed by atoms with Crippen LogP contribution in [0.15, 0.2) is 24.3 Å². The first-order valence-corrected chi connectivity index (χ1v) is 7.91. The van der Waals surface area contributed by atoms with Gasteiger partial charge in [-0.2, -0.15) is 0 Å². The van der Waals surface area contributed by atoms with Crippen LogP contribution >= 0.6 is 0 Å². The minimum absolute atomic E-state index is 0.0191. The van der Waals surface area contributed by atoms with Crippen molar-refractivity contribution >= 4 is 5.91 Å². The molecule has 21 heavy (non-hydrogen) atoms. The lowest BCUT2D eigenvalue weighted by molar-refractivity contribution is -0.136. The van der Waals surface area contributed by atoms with Gasteiger partial charge in [0.15, 0.2) is 0 Å². The zero-order valence-electron chi connectivity index (χ0n) is 12.7. The van der Waals surface area contributed by atoms with E-state index in [0.29, 0.717) is 13.2 Å². The summed E-state index contributed by atoms with van der Waals surface area (Å²) in [5.74, 6) is 0.0191. The first-order valence-electron chi connectivity index (χ1n) is 7.91. The smallest absolute Gasteiger partial charge is 0.251 e. The summed E-state index contributed by atoms with van der Waals surface area (Å²) in [5, 5.41) is 6.52. The summed E-state index contributed by atoms with van der Waals surface area (Å²) in [6.45, 7) is 4.14. The Morgan fingerprint density at radius 2 is 2.19 bits per heavy atom. The Kier molecular flexibility index (Phi) is 4.27. The second kappa shape index (κ2) is 6.16. The molecule has 2 aliphatic rings. The maximum absolute atomic E-state index is 12.5. The molecule has 1 atom stereocenters. The minimum atomic E-state index is -0.360. The quantitative estimate of drug-likeness (QED) is 0.893. The standard InChI is InChI=1S/C17H24N2O2/c1-13-5-4-6-14(11-13)17(7-2-3-8-17)19-16(20)15-12-18-9-10-21-15/h4-6,11,15,18H,2-3,7-10,12H2,1H3,(H,19,20). The van der Waals surface area contributed by atoms with E-state index < -0.39 is 0 Å². The Bertz CT molecular complexity index is 503. The maximum Gasteiger partial charge on any atom is 0.251 e. The molecule has 1 saturated heterocycles. The first kappa shape index (κ1) is 14.5. The monoisotopic (exact) mass is 288 g/mol. The summed E-state index contributed by atoms with van der Waals surface area (Å²) in [6, 6.07) is 8.52. The number of carbonyl (C=O) groups is 1. The molecule has 1 amide bonds. The molecule has 1 aliphatic carbocycles. The maximum atomic E-state index is 12.5. The zero-order valence-corrected chi connectivity index (χ0v) is 12.7. The second-order valence-electron chi connectivity index (χ2n) is 6.21. The Morgan fingerprint density at radius 3 is 2.86 bits per heavy atom. The number of ether oxygens (including phenoxy) is 1. The fourth-order valence-electron chi connectivity index (χ4n) is 3.46. The largest absolute Gasteiger partial charge is 0.366 e. The van der Waals surface area contributed by atoms with Crippen LogP contribution in [0.4, 0.5) is 0 Å². The third-order valence-corrected chi connectivity index (χ3v) is 4.61. The fourth-order valence-corrected chi connectivity index (χ4v) is 3.46. The lowest BCUT2D eigenvalue weighted by Gasteiger charge is -2.34. The van der Waals surface area contributed by atoms with Crippen molar-refractivity contribution in [2.45, 2.75) is 44.2 Å². The van der Waals surface area contributed by atoms with Crippen molar-refractivity contribution in [3.8, 4) is 0 Å². The average molecular weight is 288 g/mol. The van der Waals surface area contributed by atoms with E-state index in [1.807, 2.05) is 0 Å². The molecule has 2 N–H and O–H groups in total. The number of benzene rings is 1. The number of rotatable bonds is 3. The van der Waals surface area contributed by atoms with Crippen molar-refractivity contribution in [2.75, 3.05) is 19.7 Å². The minimum Gasteiger partial charge on any atom is -0.366 e. The van der Waals surface area contributed by atoms with Crippen LogP contribution in [-0.4, -0.2) is 31.7 Å². The van der Waals surface area contributed by atoms with Gasteiger partial charge in [-0.3, -0.25) is 4.79 Å². The van der Waals surface area contributed by atoms with Crippen LogP contribution in [-0.2, 0) is 15.1 Å². The van der Waals surface area contributed by atoms with Crippen LogP contribution in [0, 0.1) is 6.92 Å². The molecule has 0 spiro atoms. The van der Waals surface area contributed by atoms with E-state index in [1.165, 1.54) is 11.1 Å². The number of nitrogens with one attached hydrogen (secondary N) is 2. The van der Waals surface area contributed by atoms with Crippen molar-refractivity contribution in [1.29, 1.82) is 0 Å². The molecule has 1 aromatic carbocycles. The van der Waals surface area contributed by atoms with E-state index in [1.54, 1.807) is 0 Å². The summed E-state index contributed by atoms with van der Waals surface area (Å²) in [4.78, 5) is 12.5. The third kappa shape index (κ3) is 3.11. The molecule has 1 heterocycles. The number of hydrogen-bond donors (Lipinski definition) is 2. The van der Waals surface area contributed by atoms with E-state index in [0.717, 1.165) is 32.2 Å². The zero-order chi connectivity index (χ0) is 14.7. The molecule has 1 unspecified atom stereocenters. The Morgan fingerprint density at radius 1 is 1.38 bits per heavy atom. The van der Waals surface area contributed by atoms with Crippen molar-refractivity contribution < 1.29 is 9.53 Å². The summed E-state index contributed by atoms with van der Waals surface area (Å²) in [5.41, 5.74) is 2.27. The highest BCUT2D eigenvalue weighted by atomic mass is 16.5. The highest BCUT2D eigenvalue weighted by molar-refractivity contribution is 5.82. The SMILES string of the molecule is Cc1cccc(C2(NC(=O)C3CNCCO3)CCCC2)c1. The summed E-state index contributed by atoms with van der Waals surface area (Å²) >= 11 is 0. The molecule has 4 heteroatoms. The first-order chi connectivity index (χ1) is 10.2. The number of hydrogen-bond acceptors (Lipinski definition) is 3. The van der Waals surface area contributed by atoms with E-state index in [4.69, 9.17) is 4.74 Å². The van der Waals surface area contributed by atoms with Gasteiger partial charge in [-0.1, -0.05) is 42.7 Å². The molecule has 114 valence electrons. The Hall–Kier alpha value is -1.39. The molecular formula is C17H24N2O2. The molecule has 1 saturated carbocycles. The second-order valence-corrected chi connectivity index (χ2v) is 6.21. The number of amides is 1. The van der Waals surface area contributed by atoms with Gasteiger partial charge in [-0.25, -0.2) is 0 Å². The van der Waals surface area contributed by atoms with Crippen LogP contribution in [0.5, 0.6) is 0 Å². The fraction of sp³-hybridized carbons (Fsp3) is 0.588. The van der Waals surface area contributed by atoms with Crippen LogP contribution in [0.3, 0.4) is 0 Å². The lowest BCUT2D eigenvalue weighted by atomic mass is 9.87. The van der Waals surface area contributed by atoms with E-state index >= 15 is 0 Å². The molecule has 0 radical (unpaired) electrons. The van der Waals surface area contributed by atoms with E-state index in [9.17, 15) is 4.79 Å². The number of morpholine rings is 1. The van der Waals surface area contributed by atoms with Gasteiger partial charge in [0.2, 0.25) is 0 Å². The van der Waals surface area contributed by atoms with Gasteiger partial charge in [0.1, 0.15) is 6.10 Å².